The Morgan fingerprint density at radius 3 is 2.76 bits per heavy atom. The molecule has 1 aliphatic rings. The number of fused-ring (bicyclic) bond motifs is 1. The highest BCUT2D eigenvalue weighted by Gasteiger charge is 2.32. The van der Waals surface area contributed by atoms with Crippen LogP contribution in [0.15, 0.2) is 24.3 Å². The summed E-state index contributed by atoms with van der Waals surface area (Å²) >= 11 is 1.12. The van der Waals surface area contributed by atoms with Crippen molar-refractivity contribution in [1.82, 2.24) is 4.37 Å². The second-order valence-corrected chi connectivity index (χ2v) is 5.46. The summed E-state index contributed by atoms with van der Waals surface area (Å²) in [6.07, 6.45) is 0.278. The number of carbonyl (C=O) groups excluding carboxylic acids is 1. The van der Waals surface area contributed by atoms with Gasteiger partial charge in [-0.3, -0.25) is 4.79 Å². The second kappa shape index (κ2) is 5.17. The first-order valence-electron chi connectivity index (χ1n) is 6.27. The summed E-state index contributed by atoms with van der Waals surface area (Å²) in [5.74, 6) is -0.783. The zero-order valence-electron chi connectivity index (χ0n) is 11.1. The van der Waals surface area contributed by atoms with Crippen molar-refractivity contribution in [3.63, 3.8) is 0 Å². The number of amides is 1. The fourth-order valence-corrected chi connectivity index (χ4v) is 3.33. The van der Waals surface area contributed by atoms with Gasteiger partial charge in [0.25, 0.3) is 0 Å². The maximum atomic E-state index is 11.9. The molecule has 0 aliphatic carbocycles. The molecule has 0 spiro atoms. The predicted molar refractivity (Wildman–Crippen MR) is 77.2 cm³/mol. The van der Waals surface area contributed by atoms with E-state index in [9.17, 15) is 9.59 Å². The Balaban J connectivity index is 2.04. The summed E-state index contributed by atoms with van der Waals surface area (Å²) in [7, 11) is 1.59. The molecule has 1 aromatic heterocycles. The number of aromatic carboxylic acids is 1. The molecule has 0 saturated heterocycles. The van der Waals surface area contributed by atoms with Gasteiger partial charge in [-0.2, -0.15) is 4.37 Å². The Morgan fingerprint density at radius 2 is 2.14 bits per heavy atom. The lowest BCUT2D eigenvalue weighted by atomic mass is 9.90. The van der Waals surface area contributed by atoms with Crippen LogP contribution in [0.3, 0.4) is 0 Å². The number of benzene rings is 1. The van der Waals surface area contributed by atoms with E-state index >= 15 is 0 Å². The third-order valence-corrected chi connectivity index (χ3v) is 4.37. The van der Waals surface area contributed by atoms with Crippen molar-refractivity contribution in [2.45, 2.75) is 12.3 Å². The smallest absolute Gasteiger partial charge is 0.357 e. The molecule has 2 aromatic rings. The van der Waals surface area contributed by atoms with E-state index in [2.05, 4.69) is 9.69 Å². The first kappa shape index (κ1) is 13.6. The zero-order chi connectivity index (χ0) is 15.0. The van der Waals surface area contributed by atoms with Gasteiger partial charge in [0.1, 0.15) is 5.75 Å². The minimum absolute atomic E-state index is 0.0958. The molecule has 1 aliphatic heterocycles. The normalized spacial score (nSPS) is 17.0. The number of methoxy groups -OCH3 is 1. The van der Waals surface area contributed by atoms with Crippen LogP contribution in [0.1, 0.15) is 33.3 Å². The number of hydrogen-bond acceptors (Lipinski definition) is 5. The van der Waals surface area contributed by atoms with Gasteiger partial charge in [-0.05, 0) is 29.2 Å². The van der Waals surface area contributed by atoms with Crippen molar-refractivity contribution < 1.29 is 19.4 Å². The molecule has 1 amide bonds. The molecule has 7 heteroatoms. The van der Waals surface area contributed by atoms with Crippen molar-refractivity contribution in [3.05, 3.63) is 40.4 Å². The van der Waals surface area contributed by atoms with Gasteiger partial charge in [-0.15, -0.1) is 0 Å². The SMILES string of the molecule is COc1ccc([C@H]2CC(=O)Nc3c(C(=O)O)nsc32)cc1. The van der Waals surface area contributed by atoms with E-state index in [1.807, 2.05) is 24.3 Å². The Labute approximate surface area is 124 Å². The summed E-state index contributed by atoms with van der Waals surface area (Å²) in [6, 6.07) is 7.40. The maximum absolute atomic E-state index is 11.9. The number of rotatable bonds is 3. The number of carboxylic acids is 1. The standard InChI is InChI=1S/C14H12N2O4S/c1-20-8-4-2-7(3-5-8)9-6-10(17)15-11-12(14(18)19)16-21-13(9)11/h2-5,9H,6H2,1H3,(H,15,17)(H,18,19)/t9-/m1/s1. The summed E-state index contributed by atoms with van der Waals surface area (Å²) in [5.41, 5.74) is 1.17. The number of nitrogens with zero attached hydrogens (tertiary/aromatic N) is 1. The van der Waals surface area contributed by atoms with Crippen molar-refractivity contribution in [2.24, 2.45) is 0 Å². The fraction of sp³-hybridized carbons (Fsp3) is 0.214. The molecule has 3 rings (SSSR count). The van der Waals surface area contributed by atoms with E-state index < -0.39 is 5.97 Å². The van der Waals surface area contributed by atoms with Crippen LogP contribution in [-0.4, -0.2) is 28.5 Å². The lowest BCUT2D eigenvalue weighted by Gasteiger charge is -2.22. The molecular formula is C14H12N2O4S. The molecular weight excluding hydrogens is 292 g/mol. The van der Waals surface area contributed by atoms with Gasteiger partial charge in [-0.25, -0.2) is 4.79 Å². The Hall–Kier alpha value is -2.41. The molecule has 2 heterocycles. The van der Waals surface area contributed by atoms with Crippen molar-refractivity contribution in [3.8, 4) is 5.75 Å². The van der Waals surface area contributed by atoms with Gasteiger partial charge in [0.2, 0.25) is 5.91 Å². The van der Waals surface area contributed by atoms with Crippen molar-refractivity contribution >= 4 is 29.1 Å². The van der Waals surface area contributed by atoms with Gasteiger partial charge in [0, 0.05) is 12.3 Å². The lowest BCUT2D eigenvalue weighted by molar-refractivity contribution is -0.116. The van der Waals surface area contributed by atoms with Crippen molar-refractivity contribution in [1.29, 1.82) is 0 Å². The molecule has 0 bridgehead atoms. The zero-order valence-corrected chi connectivity index (χ0v) is 11.9. The fourth-order valence-electron chi connectivity index (χ4n) is 2.38. The molecule has 1 atom stereocenters. The minimum atomic E-state index is -1.14. The van der Waals surface area contributed by atoms with E-state index in [1.54, 1.807) is 7.11 Å². The average Bonchev–Trinajstić information content (AvgIpc) is 2.90. The van der Waals surface area contributed by atoms with Crippen LogP contribution >= 0.6 is 11.5 Å². The van der Waals surface area contributed by atoms with Crippen LogP contribution in [0.5, 0.6) is 5.75 Å². The van der Waals surface area contributed by atoms with Gasteiger partial charge >= 0.3 is 5.97 Å². The number of hydrogen-bond donors (Lipinski definition) is 2. The van der Waals surface area contributed by atoms with Crippen LogP contribution in [0.25, 0.3) is 0 Å². The van der Waals surface area contributed by atoms with Crippen LogP contribution < -0.4 is 10.1 Å². The molecule has 6 nitrogen and oxygen atoms in total. The third-order valence-electron chi connectivity index (χ3n) is 3.41. The first-order valence-corrected chi connectivity index (χ1v) is 7.04. The molecule has 0 unspecified atom stereocenters. The number of carboxylic acid groups (broad SMARTS) is 1. The quantitative estimate of drug-likeness (QED) is 0.908. The maximum Gasteiger partial charge on any atom is 0.357 e. The van der Waals surface area contributed by atoms with Gasteiger partial charge in [0.05, 0.1) is 17.7 Å². The van der Waals surface area contributed by atoms with Crippen LogP contribution in [0, 0.1) is 0 Å². The summed E-state index contributed by atoms with van der Waals surface area (Å²) < 4.78 is 9.06. The van der Waals surface area contributed by atoms with E-state index in [0.717, 1.165) is 27.7 Å². The molecule has 0 fully saturated rings. The summed E-state index contributed by atoms with van der Waals surface area (Å²) in [6.45, 7) is 0. The Morgan fingerprint density at radius 1 is 1.43 bits per heavy atom. The molecule has 1 aromatic carbocycles. The molecule has 21 heavy (non-hydrogen) atoms. The highest BCUT2D eigenvalue weighted by atomic mass is 32.1. The van der Waals surface area contributed by atoms with E-state index in [4.69, 9.17) is 9.84 Å². The van der Waals surface area contributed by atoms with E-state index in [0.29, 0.717) is 5.69 Å². The predicted octanol–water partition coefficient (Wildman–Crippen LogP) is 2.32. The van der Waals surface area contributed by atoms with Gasteiger partial charge < -0.3 is 15.2 Å². The number of carbonyl (C=O) groups is 2. The average molecular weight is 304 g/mol. The summed E-state index contributed by atoms with van der Waals surface area (Å²) in [5, 5.41) is 11.7. The summed E-state index contributed by atoms with van der Waals surface area (Å²) in [4.78, 5) is 23.8. The van der Waals surface area contributed by atoms with Crippen LogP contribution in [0.2, 0.25) is 0 Å². The second-order valence-electron chi connectivity index (χ2n) is 4.65. The molecule has 0 radical (unpaired) electrons. The number of anilines is 1. The molecule has 108 valence electrons. The molecule has 2 N–H and O–H groups in total. The van der Waals surface area contributed by atoms with Crippen LogP contribution in [-0.2, 0) is 4.79 Å². The number of nitrogens with one attached hydrogen (secondary N) is 1. The largest absolute Gasteiger partial charge is 0.497 e. The number of ether oxygens (including phenoxy) is 1. The van der Waals surface area contributed by atoms with Crippen molar-refractivity contribution in [2.75, 3.05) is 12.4 Å². The monoisotopic (exact) mass is 304 g/mol. The number of aromatic nitrogens is 1. The highest BCUT2D eigenvalue weighted by Crippen LogP contribution is 2.41. The van der Waals surface area contributed by atoms with Crippen LogP contribution in [0.4, 0.5) is 5.69 Å². The Kier molecular flexibility index (Phi) is 3.34. The van der Waals surface area contributed by atoms with E-state index in [1.165, 1.54) is 0 Å². The Bertz CT molecular complexity index is 708. The first-order chi connectivity index (χ1) is 10.1. The lowest BCUT2D eigenvalue weighted by Crippen LogP contribution is -2.23. The third kappa shape index (κ3) is 2.36. The van der Waals surface area contributed by atoms with Gasteiger partial charge in [0.15, 0.2) is 5.69 Å². The highest BCUT2D eigenvalue weighted by molar-refractivity contribution is 7.06. The van der Waals surface area contributed by atoms with Gasteiger partial charge in [-0.1, -0.05) is 12.1 Å². The minimum Gasteiger partial charge on any atom is -0.497 e. The molecule has 0 saturated carbocycles. The topological polar surface area (TPSA) is 88.5 Å². The van der Waals surface area contributed by atoms with E-state index in [-0.39, 0.29) is 23.9 Å².